The molecule has 1 nitrogen and oxygen atoms in total. The third kappa shape index (κ3) is 3.27. The Morgan fingerprint density at radius 3 is 2.56 bits per heavy atom. The molecule has 0 aromatic heterocycles. The quantitative estimate of drug-likeness (QED) is 0.605. The van der Waals surface area contributed by atoms with E-state index in [0.29, 0.717) is 0 Å². The molecule has 86 valence electrons. The molecule has 0 saturated carbocycles. The van der Waals surface area contributed by atoms with Gasteiger partial charge in [0, 0.05) is 10.3 Å². The Kier molecular flexibility index (Phi) is 5.38. The lowest BCUT2D eigenvalue weighted by Gasteiger charge is -2.02. The van der Waals surface area contributed by atoms with Gasteiger partial charge in [0.05, 0.1) is 10.6 Å². The Bertz CT molecular complexity index is 426. The predicted octanol–water partition coefficient (Wildman–Crippen LogP) is 4.23. The van der Waals surface area contributed by atoms with Gasteiger partial charge in [-0.1, -0.05) is 17.7 Å². The highest BCUT2D eigenvalue weighted by atomic mass is 35.5. The van der Waals surface area contributed by atoms with Crippen molar-refractivity contribution >= 4 is 40.9 Å². The Morgan fingerprint density at radius 1 is 1.38 bits per heavy atom. The molecule has 0 saturated heterocycles. The Morgan fingerprint density at radius 2 is 2.00 bits per heavy atom. The van der Waals surface area contributed by atoms with Gasteiger partial charge in [0.25, 0.3) is 0 Å². The van der Waals surface area contributed by atoms with E-state index in [1.807, 2.05) is 12.5 Å². The van der Waals surface area contributed by atoms with E-state index in [0.717, 1.165) is 4.24 Å². The van der Waals surface area contributed by atoms with Crippen molar-refractivity contribution in [3.63, 3.8) is 0 Å². The van der Waals surface area contributed by atoms with Crippen molar-refractivity contribution in [2.24, 2.45) is 0 Å². The number of hydrogen-bond donors (Lipinski definition) is 0. The molecule has 0 radical (unpaired) electrons. The largest absolute Gasteiger partial charge is 0.289 e. The number of ketones is 1. The van der Waals surface area contributed by atoms with Gasteiger partial charge in [-0.25, -0.2) is 4.39 Å². The zero-order valence-electron chi connectivity index (χ0n) is 8.79. The highest BCUT2D eigenvalue weighted by Crippen LogP contribution is 2.25. The first kappa shape index (κ1) is 13.6. The molecule has 0 bridgehead atoms. The van der Waals surface area contributed by atoms with Crippen LogP contribution in [-0.4, -0.2) is 18.3 Å². The van der Waals surface area contributed by atoms with Crippen molar-refractivity contribution in [1.82, 2.24) is 0 Å². The zero-order chi connectivity index (χ0) is 12.1. The van der Waals surface area contributed by atoms with Crippen molar-refractivity contribution in [2.45, 2.75) is 0 Å². The van der Waals surface area contributed by atoms with E-state index in [2.05, 4.69) is 0 Å². The molecule has 1 aromatic rings. The van der Waals surface area contributed by atoms with Gasteiger partial charge in [-0.3, -0.25) is 4.79 Å². The molecule has 0 aliphatic rings. The lowest BCUT2D eigenvalue weighted by Crippen LogP contribution is -1.99. The van der Waals surface area contributed by atoms with Crippen molar-refractivity contribution < 1.29 is 9.18 Å². The van der Waals surface area contributed by atoms with Crippen LogP contribution in [0, 0.1) is 5.82 Å². The second-order valence-corrected chi connectivity index (χ2v) is 5.20. The number of carbonyl (C=O) groups excluding carboxylic acids is 1. The van der Waals surface area contributed by atoms with Crippen LogP contribution in [0.25, 0.3) is 0 Å². The summed E-state index contributed by atoms with van der Waals surface area (Å²) in [5, 5.41) is -0.0332. The van der Waals surface area contributed by atoms with Gasteiger partial charge in [-0.2, -0.15) is 0 Å². The maximum Gasteiger partial charge on any atom is 0.190 e. The van der Waals surface area contributed by atoms with E-state index in [9.17, 15) is 9.18 Å². The summed E-state index contributed by atoms with van der Waals surface area (Å²) < 4.78 is 14.4. The summed E-state index contributed by atoms with van der Waals surface area (Å²) in [6.07, 6.45) is 5.15. The second kappa shape index (κ2) is 6.33. The summed E-state index contributed by atoms with van der Waals surface area (Å²) in [7, 11) is 0. The highest BCUT2D eigenvalue weighted by molar-refractivity contribution is 8.21. The van der Waals surface area contributed by atoms with E-state index in [1.54, 1.807) is 6.07 Å². The molecule has 0 aliphatic heterocycles. The molecular formula is C11H10ClFOS2. The van der Waals surface area contributed by atoms with Crippen LogP contribution >= 0.6 is 35.1 Å². The summed E-state index contributed by atoms with van der Waals surface area (Å²) in [6.45, 7) is 0. The van der Waals surface area contributed by atoms with Gasteiger partial charge in [-0.15, -0.1) is 23.5 Å². The van der Waals surface area contributed by atoms with E-state index in [1.165, 1.54) is 41.7 Å². The summed E-state index contributed by atoms with van der Waals surface area (Å²) in [5.41, 5.74) is 0.00750. The van der Waals surface area contributed by atoms with Crippen LogP contribution in [-0.2, 0) is 0 Å². The molecule has 0 unspecified atom stereocenters. The first-order valence-corrected chi connectivity index (χ1v) is 7.21. The van der Waals surface area contributed by atoms with Crippen LogP contribution in [0.5, 0.6) is 0 Å². The monoisotopic (exact) mass is 276 g/mol. The van der Waals surface area contributed by atoms with Crippen molar-refractivity contribution in [1.29, 1.82) is 0 Å². The molecule has 0 amide bonds. The maximum absolute atomic E-state index is 13.5. The van der Waals surface area contributed by atoms with E-state index >= 15 is 0 Å². The molecular weight excluding hydrogens is 267 g/mol. The first-order chi connectivity index (χ1) is 7.60. The van der Waals surface area contributed by atoms with E-state index in [-0.39, 0.29) is 16.4 Å². The average Bonchev–Trinajstić information content (AvgIpc) is 2.29. The highest BCUT2D eigenvalue weighted by Gasteiger charge is 2.12. The molecule has 1 rings (SSSR count). The standard InChI is InChI=1S/C11H10ClFOS2/c1-15-10(16-2)6-9(14)7-4-3-5-8(12)11(7)13/h3-6H,1-2H3. The number of hydrogen-bond acceptors (Lipinski definition) is 3. The number of rotatable bonds is 4. The van der Waals surface area contributed by atoms with Gasteiger partial charge in [0.2, 0.25) is 0 Å². The first-order valence-electron chi connectivity index (χ1n) is 4.38. The fourth-order valence-corrected chi connectivity index (χ4v) is 2.37. The molecule has 0 spiro atoms. The average molecular weight is 277 g/mol. The lowest BCUT2D eigenvalue weighted by atomic mass is 10.1. The number of allylic oxidation sites excluding steroid dienone is 1. The van der Waals surface area contributed by atoms with E-state index < -0.39 is 5.82 Å². The van der Waals surface area contributed by atoms with Gasteiger partial charge >= 0.3 is 0 Å². The Labute approximate surface area is 107 Å². The summed E-state index contributed by atoms with van der Waals surface area (Å²) in [4.78, 5) is 11.7. The van der Waals surface area contributed by atoms with Gasteiger partial charge < -0.3 is 0 Å². The molecule has 0 aliphatic carbocycles. The molecule has 0 fully saturated rings. The van der Waals surface area contributed by atoms with Crippen LogP contribution in [0.15, 0.2) is 28.5 Å². The second-order valence-electron chi connectivity index (χ2n) is 2.84. The summed E-state index contributed by atoms with van der Waals surface area (Å²) >= 11 is 8.51. The molecule has 0 N–H and O–H groups in total. The van der Waals surface area contributed by atoms with Gasteiger partial charge in [0.1, 0.15) is 0 Å². The van der Waals surface area contributed by atoms with Crippen molar-refractivity contribution in [3.8, 4) is 0 Å². The number of thioether (sulfide) groups is 2. The fraction of sp³-hybridized carbons (Fsp3) is 0.182. The van der Waals surface area contributed by atoms with Crippen LogP contribution in [0.2, 0.25) is 5.02 Å². The van der Waals surface area contributed by atoms with E-state index in [4.69, 9.17) is 11.6 Å². The fourth-order valence-electron chi connectivity index (χ4n) is 1.08. The summed E-state index contributed by atoms with van der Waals surface area (Å²) in [5.74, 6) is -1.02. The summed E-state index contributed by atoms with van der Waals surface area (Å²) in [6, 6.07) is 4.41. The predicted molar refractivity (Wildman–Crippen MR) is 70.9 cm³/mol. The molecule has 0 heterocycles. The molecule has 5 heteroatoms. The van der Waals surface area contributed by atoms with Crippen molar-refractivity contribution in [2.75, 3.05) is 12.5 Å². The van der Waals surface area contributed by atoms with Gasteiger partial charge in [0.15, 0.2) is 11.6 Å². The smallest absolute Gasteiger partial charge is 0.190 e. The molecule has 16 heavy (non-hydrogen) atoms. The Balaban J connectivity index is 3.06. The third-order valence-electron chi connectivity index (χ3n) is 1.87. The normalized spacial score (nSPS) is 10.0. The minimum Gasteiger partial charge on any atom is -0.289 e. The van der Waals surface area contributed by atoms with Crippen LogP contribution in [0.4, 0.5) is 4.39 Å². The lowest BCUT2D eigenvalue weighted by molar-refractivity contribution is 0.104. The van der Waals surface area contributed by atoms with Crippen molar-refractivity contribution in [3.05, 3.63) is 44.9 Å². The minimum absolute atomic E-state index is 0.00750. The van der Waals surface area contributed by atoms with Crippen LogP contribution in [0.1, 0.15) is 10.4 Å². The van der Waals surface area contributed by atoms with Crippen LogP contribution < -0.4 is 0 Å². The number of carbonyl (C=O) groups is 1. The third-order valence-corrected chi connectivity index (χ3v) is 4.20. The zero-order valence-corrected chi connectivity index (χ0v) is 11.2. The number of benzene rings is 1. The molecule has 0 atom stereocenters. The number of halogens is 2. The van der Waals surface area contributed by atoms with Gasteiger partial charge in [-0.05, 0) is 24.6 Å². The maximum atomic E-state index is 13.5. The Hall–Kier alpha value is -0.450. The molecule has 1 aromatic carbocycles. The minimum atomic E-state index is -0.660. The van der Waals surface area contributed by atoms with Crippen LogP contribution in [0.3, 0.4) is 0 Å². The topological polar surface area (TPSA) is 17.1 Å². The SMILES string of the molecule is CSC(=CC(=O)c1cccc(Cl)c1F)SC.